The monoisotopic (exact) mass is 319 g/mol. The van der Waals surface area contributed by atoms with Crippen molar-refractivity contribution in [1.82, 2.24) is 10.3 Å². The molecule has 1 fully saturated rings. The van der Waals surface area contributed by atoms with Gasteiger partial charge in [0, 0.05) is 18.1 Å². The summed E-state index contributed by atoms with van der Waals surface area (Å²) in [5.41, 5.74) is 0.664. The summed E-state index contributed by atoms with van der Waals surface area (Å²) in [6.45, 7) is 8.85. The van der Waals surface area contributed by atoms with Gasteiger partial charge in [0.1, 0.15) is 0 Å². The molecule has 0 bridgehead atoms. The number of nitrogens with one attached hydrogen (secondary N) is 2. The van der Waals surface area contributed by atoms with Crippen molar-refractivity contribution in [3.63, 3.8) is 0 Å². The lowest BCUT2D eigenvalue weighted by molar-refractivity contribution is -0.116. The zero-order valence-corrected chi connectivity index (χ0v) is 14.6. The molecule has 0 aromatic carbocycles. The molecule has 23 heavy (non-hydrogen) atoms. The number of carbonyl (C=O) groups is 1. The lowest BCUT2D eigenvalue weighted by atomic mass is 9.80. The van der Waals surface area contributed by atoms with Gasteiger partial charge in [0.25, 0.3) is 0 Å². The fourth-order valence-corrected chi connectivity index (χ4v) is 2.28. The van der Waals surface area contributed by atoms with E-state index in [-0.39, 0.29) is 5.91 Å². The Kier molecular flexibility index (Phi) is 5.44. The Hall–Kier alpha value is -1.44. The van der Waals surface area contributed by atoms with Crippen LogP contribution in [0, 0.1) is 0 Å². The minimum Gasteiger partial charge on any atom is -0.399 e. The molecule has 0 saturated carbocycles. The molecule has 7 heteroatoms. The van der Waals surface area contributed by atoms with Crippen LogP contribution in [0.4, 0.5) is 5.69 Å². The Bertz CT molecular complexity index is 547. The molecule has 0 spiro atoms. The summed E-state index contributed by atoms with van der Waals surface area (Å²) in [4.78, 5) is 16.1. The zero-order valence-electron chi connectivity index (χ0n) is 14.6. The number of hydrogen-bond donors (Lipinski definition) is 2. The van der Waals surface area contributed by atoms with E-state index in [2.05, 4.69) is 15.6 Å². The summed E-state index contributed by atoms with van der Waals surface area (Å²) in [5.74, 6) is -0.0203. The summed E-state index contributed by atoms with van der Waals surface area (Å²) in [6.07, 6.45) is 4.61. The molecule has 1 amide bonds. The highest BCUT2D eigenvalue weighted by molar-refractivity contribution is 6.62. The number of hydrogen-bond acceptors (Lipinski definition) is 5. The van der Waals surface area contributed by atoms with Crippen LogP contribution in [0.5, 0.6) is 0 Å². The van der Waals surface area contributed by atoms with Gasteiger partial charge >= 0.3 is 7.12 Å². The first-order valence-corrected chi connectivity index (χ1v) is 8.00. The second-order valence-corrected chi connectivity index (χ2v) is 6.85. The minimum atomic E-state index is -0.478. The standard InChI is InChI=1S/C16H26BN3O3/c1-15(2)16(3,4)23-17(22-15)12-9-13(11-19-10-12)20-14(21)7-6-8-18-5/h9-11,18H,6-8H2,1-5H3,(H,20,21). The van der Waals surface area contributed by atoms with Gasteiger partial charge in [-0.1, -0.05) is 0 Å². The van der Waals surface area contributed by atoms with E-state index in [0.717, 1.165) is 18.4 Å². The van der Waals surface area contributed by atoms with Gasteiger partial charge in [-0.05, 0) is 53.8 Å². The Morgan fingerprint density at radius 3 is 2.48 bits per heavy atom. The number of amides is 1. The van der Waals surface area contributed by atoms with Gasteiger partial charge in [-0.15, -0.1) is 0 Å². The second kappa shape index (κ2) is 6.99. The summed E-state index contributed by atoms with van der Waals surface area (Å²) in [6, 6.07) is 1.85. The third-order valence-electron chi connectivity index (χ3n) is 4.40. The number of anilines is 1. The fourth-order valence-electron chi connectivity index (χ4n) is 2.28. The van der Waals surface area contributed by atoms with Gasteiger partial charge in [0.2, 0.25) is 5.91 Å². The molecule has 1 aliphatic heterocycles. The van der Waals surface area contributed by atoms with Gasteiger partial charge in [-0.25, -0.2) is 0 Å². The minimum absolute atomic E-state index is 0.0203. The van der Waals surface area contributed by atoms with Crippen LogP contribution in [0.3, 0.4) is 0 Å². The lowest BCUT2D eigenvalue weighted by Crippen LogP contribution is -2.41. The maximum Gasteiger partial charge on any atom is 0.496 e. The molecule has 126 valence electrons. The molecular weight excluding hydrogens is 293 g/mol. The molecule has 0 unspecified atom stereocenters. The maximum atomic E-state index is 11.9. The van der Waals surface area contributed by atoms with Crippen molar-refractivity contribution in [1.29, 1.82) is 0 Å². The number of aromatic nitrogens is 1. The fraction of sp³-hybridized carbons (Fsp3) is 0.625. The summed E-state index contributed by atoms with van der Waals surface area (Å²) in [5, 5.41) is 5.89. The Labute approximate surface area is 138 Å². The van der Waals surface area contributed by atoms with Crippen LogP contribution in [0.15, 0.2) is 18.5 Å². The number of carbonyl (C=O) groups excluding carboxylic acids is 1. The van der Waals surface area contributed by atoms with Gasteiger partial charge in [0.15, 0.2) is 0 Å². The molecule has 1 aromatic rings. The maximum absolute atomic E-state index is 11.9. The van der Waals surface area contributed by atoms with Crippen molar-refractivity contribution < 1.29 is 14.1 Å². The zero-order chi connectivity index (χ0) is 17.1. The highest BCUT2D eigenvalue weighted by Crippen LogP contribution is 2.36. The first kappa shape index (κ1) is 17.9. The van der Waals surface area contributed by atoms with Crippen LogP contribution in [-0.4, -0.2) is 42.8 Å². The smallest absolute Gasteiger partial charge is 0.399 e. The Morgan fingerprint density at radius 1 is 1.22 bits per heavy atom. The third kappa shape index (κ3) is 4.31. The van der Waals surface area contributed by atoms with Gasteiger partial charge < -0.3 is 19.9 Å². The second-order valence-electron chi connectivity index (χ2n) is 6.85. The van der Waals surface area contributed by atoms with Crippen molar-refractivity contribution in [2.24, 2.45) is 0 Å². The number of pyridine rings is 1. The van der Waals surface area contributed by atoms with Crippen LogP contribution in [0.1, 0.15) is 40.5 Å². The molecule has 0 radical (unpaired) electrons. The van der Waals surface area contributed by atoms with Crippen LogP contribution >= 0.6 is 0 Å². The summed E-state index contributed by atoms with van der Waals surface area (Å²) >= 11 is 0. The van der Waals surface area contributed by atoms with Crippen LogP contribution < -0.4 is 16.1 Å². The van der Waals surface area contributed by atoms with E-state index in [9.17, 15) is 4.79 Å². The van der Waals surface area contributed by atoms with Crippen LogP contribution in [0.2, 0.25) is 0 Å². The molecule has 2 N–H and O–H groups in total. The van der Waals surface area contributed by atoms with Gasteiger partial charge in [0.05, 0.1) is 23.1 Å². The lowest BCUT2D eigenvalue weighted by Gasteiger charge is -2.32. The van der Waals surface area contributed by atoms with Gasteiger partial charge in [-0.3, -0.25) is 9.78 Å². The van der Waals surface area contributed by atoms with Crippen LogP contribution in [-0.2, 0) is 14.1 Å². The van der Waals surface area contributed by atoms with E-state index in [1.54, 1.807) is 12.4 Å². The van der Waals surface area contributed by atoms with E-state index in [4.69, 9.17) is 9.31 Å². The average molecular weight is 319 g/mol. The third-order valence-corrected chi connectivity index (χ3v) is 4.40. The highest BCUT2D eigenvalue weighted by atomic mass is 16.7. The van der Waals surface area contributed by atoms with E-state index in [1.807, 2.05) is 40.8 Å². The predicted molar refractivity (Wildman–Crippen MR) is 91.7 cm³/mol. The largest absolute Gasteiger partial charge is 0.496 e. The normalized spacial score (nSPS) is 18.9. The molecule has 1 aromatic heterocycles. The van der Waals surface area contributed by atoms with Crippen molar-refractivity contribution in [2.45, 2.75) is 51.7 Å². The van der Waals surface area contributed by atoms with Crippen molar-refractivity contribution in [3.8, 4) is 0 Å². The van der Waals surface area contributed by atoms with E-state index < -0.39 is 18.3 Å². The first-order chi connectivity index (χ1) is 10.7. The number of nitrogens with zero attached hydrogens (tertiary/aromatic N) is 1. The van der Waals surface area contributed by atoms with Gasteiger partial charge in [-0.2, -0.15) is 0 Å². The summed E-state index contributed by atoms with van der Waals surface area (Å²) in [7, 11) is 1.39. The highest BCUT2D eigenvalue weighted by Gasteiger charge is 2.51. The van der Waals surface area contributed by atoms with E-state index in [0.29, 0.717) is 12.1 Å². The molecule has 0 atom stereocenters. The first-order valence-electron chi connectivity index (χ1n) is 8.00. The molecule has 1 aliphatic rings. The SMILES string of the molecule is CNCCCC(=O)Nc1cncc(B2OC(C)(C)C(C)(C)O2)c1. The molecular formula is C16H26BN3O3. The quantitative estimate of drug-likeness (QED) is 0.611. The number of rotatable bonds is 6. The van der Waals surface area contributed by atoms with E-state index in [1.165, 1.54) is 0 Å². The molecule has 2 rings (SSSR count). The average Bonchev–Trinajstić information content (AvgIpc) is 2.68. The molecule has 6 nitrogen and oxygen atoms in total. The van der Waals surface area contributed by atoms with Crippen molar-refractivity contribution >= 4 is 24.2 Å². The van der Waals surface area contributed by atoms with Crippen molar-refractivity contribution in [2.75, 3.05) is 18.9 Å². The predicted octanol–water partition coefficient (Wildman–Crippen LogP) is 1.32. The summed E-state index contributed by atoms with van der Waals surface area (Å²) < 4.78 is 12.0. The molecule has 2 heterocycles. The van der Waals surface area contributed by atoms with E-state index >= 15 is 0 Å². The Morgan fingerprint density at radius 2 is 1.87 bits per heavy atom. The van der Waals surface area contributed by atoms with Crippen LogP contribution in [0.25, 0.3) is 0 Å². The molecule has 0 aliphatic carbocycles. The topological polar surface area (TPSA) is 72.5 Å². The molecule has 1 saturated heterocycles. The Balaban J connectivity index is 2.02. The van der Waals surface area contributed by atoms with Crippen molar-refractivity contribution in [3.05, 3.63) is 18.5 Å².